The second-order valence-corrected chi connectivity index (χ2v) is 4.71. The molecule has 0 saturated carbocycles. The van der Waals surface area contributed by atoms with Crippen molar-refractivity contribution in [3.05, 3.63) is 0 Å². The average molecular weight is 332 g/mol. The van der Waals surface area contributed by atoms with Crippen LogP contribution in [0.1, 0.15) is 12.8 Å². The molecule has 0 aromatic carbocycles. The van der Waals surface area contributed by atoms with Crippen molar-refractivity contribution in [1.29, 1.82) is 0 Å². The molecule has 0 aliphatic carbocycles. The first kappa shape index (κ1) is 23.6. The van der Waals surface area contributed by atoms with E-state index in [0.29, 0.717) is 19.4 Å². The topological polar surface area (TPSA) is 204 Å². The Morgan fingerprint density at radius 3 is 1.53 bits per heavy atom. The highest BCUT2D eigenvalue weighted by molar-refractivity contribution is 7.46. The molecule has 9 N–H and O–H groups in total. The summed E-state index contributed by atoms with van der Waals surface area (Å²) < 4.78 is 38.0. The minimum Gasteiger partial charge on any atom is -0.480 e. The van der Waals surface area contributed by atoms with E-state index in [-0.39, 0.29) is 0 Å². The van der Waals surface area contributed by atoms with Crippen molar-refractivity contribution in [2.24, 2.45) is 11.5 Å². The van der Waals surface area contributed by atoms with Crippen LogP contribution in [0.2, 0.25) is 0 Å². The third-order valence-corrected chi connectivity index (χ3v) is 1.04. The van der Waals surface area contributed by atoms with Crippen LogP contribution in [-0.4, -0.2) is 43.2 Å². The Hall–Kier alpha value is -0.450. The summed E-state index contributed by atoms with van der Waals surface area (Å²) in [5.41, 5.74) is 10.3. The number of rotatable bonds is 4. The van der Waals surface area contributed by atoms with Crippen molar-refractivity contribution in [2.45, 2.75) is 18.9 Å². The van der Waals surface area contributed by atoms with Crippen LogP contribution in [0.15, 0.2) is 0 Å². The maximum atomic E-state index is 10.4. The van der Waals surface area contributed by atoms with Gasteiger partial charge in [-0.2, -0.15) is 0 Å². The maximum Gasteiger partial charge on any atom is 0.507 e. The number of hydrogen-bond donors (Lipinski definition) is 7. The van der Waals surface area contributed by atoms with Crippen LogP contribution in [-0.2, 0) is 13.9 Å². The Bertz CT molecular complexity index is 295. The first-order valence-electron chi connectivity index (χ1n) is 4.37. The largest absolute Gasteiger partial charge is 0.507 e. The quantitative estimate of drug-likeness (QED) is 0.320. The standard InChI is InChI=1S/C5H12N2O2.2FH2O3P/c6-3-1-2-4(7)5(8)9;2*1-5(2,3)4/h4H,1-3,6-7H2,(H,8,9);2*(H2,2,3,4). The van der Waals surface area contributed by atoms with Crippen LogP contribution in [0.3, 0.4) is 0 Å². The average Bonchev–Trinajstić information content (AvgIpc) is 2.08. The van der Waals surface area contributed by atoms with Crippen molar-refractivity contribution in [3.63, 3.8) is 0 Å². The van der Waals surface area contributed by atoms with Crippen LogP contribution >= 0.6 is 15.8 Å². The van der Waals surface area contributed by atoms with Crippen LogP contribution in [0, 0.1) is 0 Å². The molecule has 0 aliphatic rings. The molecule has 14 heteroatoms. The summed E-state index contributed by atoms with van der Waals surface area (Å²) in [6.45, 7) is 0.501. The molecule has 0 bridgehead atoms. The lowest BCUT2D eigenvalue weighted by Gasteiger charge is -2.02. The van der Waals surface area contributed by atoms with E-state index in [1.54, 1.807) is 0 Å². The molecule has 0 fully saturated rings. The lowest BCUT2D eigenvalue weighted by Crippen LogP contribution is -2.30. The number of carboxylic acids is 1. The SMILES string of the molecule is NCCCC(N)C(=O)O.O=P(O)(O)F.O=P(O)(O)F. The van der Waals surface area contributed by atoms with Gasteiger partial charge in [0.2, 0.25) is 0 Å². The van der Waals surface area contributed by atoms with E-state index in [2.05, 4.69) is 0 Å². The van der Waals surface area contributed by atoms with Crippen molar-refractivity contribution >= 4 is 21.8 Å². The smallest absolute Gasteiger partial charge is 0.480 e. The second kappa shape index (κ2) is 11.4. The Balaban J connectivity index is -0.000000219. The summed E-state index contributed by atoms with van der Waals surface area (Å²) >= 11 is 0. The molecule has 0 heterocycles. The molecule has 1 atom stereocenters. The van der Waals surface area contributed by atoms with Crippen molar-refractivity contribution in [1.82, 2.24) is 0 Å². The number of carbonyl (C=O) groups is 1. The van der Waals surface area contributed by atoms with Crippen molar-refractivity contribution < 1.29 is 47.0 Å². The van der Waals surface area contributed by atoms with E-state index in [1.807, 2.05) is 0 Å². The summed E-state index contributed by atoms with van der Waals surface area (Å²) in [7, 11) is -10.3. The molecule has 1 unspecified atom stereocenters. The van der Waals surface area contributed by atoms with E-state index in [0.717, 1.165) is 0 Å². The van der Waals surface area contributed by atoms with Gasteiger partial charge in [0, 0.05) is 0 Å². The number of aliphatic carboxylic acids is 1. The van der Waals surface area contributed by atoms with Gasteiger partial charge in [0.1, 0.15) is 6.04 Å². The number of nitrogens with two attached hydrogens (primary N) is 2. The highest BCUT2D eigenvalue weighted by Crippen LogP contribution is 2.35. The van der Waals surface area contributed by atoms with Crippen LogP contribution in [0.4, 0.5) is 8.39 Å². The zero-order valence-corrected chi connectivity index (χ0v) is 11.3. The predicted molar refractivity (Wildman–Crippen MR) is 60.2 cm³/mol. The van der Waals surface area contributed by atoms with E-state index in [9.17, 15) is 13.2 Å². The normalized spacial score (nSPS) is 12.4. The molecule has 0 aromatic rings. The molecular formula is C5H16F2N2O8P2. The van der Waals surface area contributed by atoms with Gasteiger partial charge in [-0.15, -0.1) is 8.39 Å². The molecule has 0 rings (SSSR count). The molecule has 0 spiro atoms. The Morgan fingerprint density at radius 1 is 1.11 bits per heavy atom. The Morgan fingerprint density at radius 2 is 1.37 bits per heavy atom. The fourth-order valence-electron chi connectivity index (χ4n) is 0.461. The second-order valence-electron chi connectivity index (χ2n) is 2.82. The van der Waals surface area contributed by atoms with Gasteiger partial charge in [0.15, 0.2) is 0 Å². The third kappa shape index (κ3) is 74.4. The van der Waals surface area contributed by atoms with Gasteiger partial charge in [-0.1, -0.05) is 0 Å². The van der Waals surface area contributed by atoms with E-state index < -0.39 is 27.8 Å². The molecule has 0 saturated heterocycles. The zero-order chi connectivity index (χ0) is 16.3. The van der Waals surface area contributed by atoms with Gasteiger partial charge in [0.05, 0.1) is 0 Å². The van der Waals surface area contributed by atoms with Gasteiger partial charge in [-0.25, -0.2) is 9.13 Å². The Kier molecular flexibility index (Phi) is 14.2. The van der Waals surface area contributed by atoms with Gasteiger partial charge in [-0.05, 0) is 19.4 Å². The summed E-state index contributed by atoms with van der Waals surface area (Å²) in [4.78, 5) is 37.9. The van der Waals surface area contributed by atoms with E-state index in [4.69, 9.17) is 45.3 Å². The van der Waals surface area contributed by atoms with E-state index in [1.165, 1.54) is 0 Å². The monoisotopic (exact) mass is 332 g/mol. The highest BCUT2D eigenvalue weighted by atomic mass is 31.2. The first-order valence-corrected chi connectivity index (χ1v) is 7.38. The van der Waals surface area contributed by atoms with Crippen LogP contribution in [0.5, 0.6) is 0 Å². The predicted octanol–water partition coefficient (Wildman–Crippen LogP) is -0.766. The third-order valence-electron chi connectivity index (χ3n) is 1.04. The fourth-order valence-corrected chi connectivity index (χ4v) is 0.461. The lowest BCUT2D eigenvalue weighted by atomic mass is 10.2. The highest BCUT2D eigenvalue weighted by Gasteiger charge is 2.08. The molecule has 19 heavy (non-hydrogen) atoms. The molecule has 10 nitrogen and oxygen atoms in total. The minimum absolute atomic E-state index is 0.464. The van der Waals surface area contributed by atoms with Gasteiger partial charge >= 0.3 is 21.8 Å². The molecule has 0 amide bonds. The number of hydrogen-bond acceptors (Lipinski definition) is 5. The van der Waals surface area contributed by atoms with Gasteiger partial charge in [-0.3, -0.25) is 24.4 Å². The minimum atomic E-state index is -5.14. The van der Waals surface area contributed by atoms with Crippen LogP contribution < -0.4 is 11.5 Å². The molecule has 0 radical (unpaired) electrons. The first-order chi connectivity index (χ1) is 8.18. The summed E-state index contributed by atoms with van der Waals surface area (Å²) in [6, 6.07) is -0.742. The van der Waals surface area contributed by atoms with Crippen molar-refractivity contribution in [3.8, 4) is 0 Å². The van der Waals surface area contributed by atoms with Gasteiger partial charge in [0.25, 0.3) is 0 Å². The summed E-state index contributed by atoms with van der Waals surface area (Å²) in [5.74, 6) is -0.955. The zero-order valence-electron chi connectivity index (χ0n) is 9.46. The summed E-state index contributed by atoms with van der Waals surface area (Å²) in [5, 5.41) is 8.24. The fraction of sp³-hybridized carbons (Fsp3) is 0.800. The maximum absolute atomic E-state index is 10.4. The molecule has 0 aromatic heterocycles. The van der Waals surface area contributed by atoms with Crippen LogP contribution in [0.25, 0.3) is 0 Å². The molecular weight excluding hydrogens is 316 g/mol. The molecule has 118 valence electrons. The number of carboxylic acid groups (broad SMARTS) is 1. The lowest BCUT2D eigenvalue weighted by molar-refractivity contribution is -0.138. The van der Waals surface area contributed by atoms with Gasteiger partial charge < -0.3 is 16.6 Å². The van der Waals surface area contributed by atoms with Crippen molar-refractivity contribution in [2.75, 3.05) is 6.54 Å². The number of halogens is 2. The summed E-state index contributed by atoms with van der Waals surface area (Å²) in [6.07, 6.45) is 1.14. The van der Waals surface area contributed by atoms with E-state index >= 15 is 0 Å². The Labute approximate surface area is 107 Å². The molecule has 0 aliphatic heterocycles.